The van der Waals surface area contributed by atoms with Crippen LogP contribution in [-0.4, -0.2) is 61.0 Å². The van der Waals surface area contributed by atoms with Crippen LogP contribution in [0.5, 0.6) is 0 Å². The predicted octanol–water partition coefficient (Wildman–Crippen LogP) is 1.79. The molecular formula is C14H21BrN4O. The Morgan fingerprint density at radius 2 is 2.05 bits per heavy atom. The third-order valence-electron chi connectivity index (χ3n) is 4.08. The first-order valence-corrected chi connectivity index (χ1v) is 8.15. The van der Waals surface area contributed by atoms with Gasteiger partial charge in [0, 0.05) is 32.7 Å². The van der Waals surface area contributed by atoms with E-state index in [1.807, 2.05) is 12.1 Å². The lowest BCUT2D eigenvalue weighted by Gasteiger charge is -2.37. The second-order valence-electron chi connectivity index (χ2n) is 5.58. The summed E-state index contributed by atoms with van der Waals surface area (Å²) in [5.41, 5.74) is 0. The first kappa shape index (κ1) is 14.2. The van der Waals surface area contributed by atoms with Crippen molar-refractivity contribution in [3.05, 3.63) is 16.7 Å². The number of morpholine rings is 1. The first-order chi connectivity index (χ1) is 9.81. The number of nitrogens with zero attached hydrogens (tertiary/aromatic N) is 4. The average molecular weight is 341 g/mol. The van der Waals surface area contributed by atoms with E-state index >= 15 is 0 Å². The van der Waals surface area contributed by atoms with Crippen molar-refractivity contribution < 1.29 is 4.74 Å². The van der Waals surface area contributed by atoms with Crippen LogP contribution < -0.4 is 4.90 Å². The summed E-state index contributed by atoms with van der Waals surface area (Å²) in [6.45, 7) is 7.29. The second kappa shape index (κ2) is 6.83. The van der Waals surface area contributed by atoms with Gasteiger partial charge in [0.1, 0.15) is 4.60 Å². The summed E-state index contributed by atoms with van der Waals surface area (Å²) in [6, 6.07) is 4.02. The quantitative estimate of drug-likeness (QED) is 0.839. The normalized spacial score (nSPS) is 24.9. The van der Waals surface area contributed by atoms with E-state index in [0.29, 0.717) is 0 Å². The fourth-order valence-corrected chi connectivity index (χ4v) is 3.26. The van der Waals surface area contributed by atoms with Crippen molar-refractivity contribution in [2.75, 3.05) is 50.8 Å². The van der Waals surface area contributed by atoms with Gasteiger partial charge in [-0.05, 0) is 46.8 Å². The van der Waals surface area contributed by atoms with E-state index in [9.17, 15) is 0 Å². The van der Waals surface area contributed by atoms with E-state index < -0.39 is 0 Å². The Labute approximate surface area is 128 Å². The van der Waals surface area contributed by atoms with Gasteiger partial charge in [-0.2, -0.15) is 0 Å². The van der Waals surface area contributed by atoms with E-state index in [4.69, 9.17) is 4.74 Å². The second-order valence-corrected chi connectivity index (χ2v) is 6.39. The molecule has 1 aromatic rings. The van der Waals surface area contributed by atoms with Gasteiger partial charge < -0.3 is 9.64 Å². The SMILES string of the molecule is Brc1ccc(N2CCC[C@H](CN3CCOCC3)C2)nn1. The van der Waals surface area contributed by atoms with Gasteiger partial charge in [0.05, 0.1) is 13.2 Å². The van der Waals surface area contributed by atoms with Crippen LogP contribution in [0.25, 0.3) is 0 Å². The summed E-state index contributed by atoms with van der Waals surface area (Å²) in [5, 5.41) is 8.37. The van der Waals surface area contributed by atoms with Crippen molar-refractivity contribution in [2.24, 2.45) is 5.92 Å². The molecule has 0 aromatic carbocycles. The minimum atomic E-state index is 0.729. The van der Waals surface area contributed by atoms with Crippen LogP contribution in [0.4, 0.5) is 5.82 Å². The van der Waals surface area contributed by atoms with E-state index in [1.165, 1.54) is 19.4 Å². The molecule has 20 heavy (non-hydrogen) atoms. The van der Waals surface area contributed by atoms with Crippen molar-refractivity contribution in [2.45, 2.75) is 12.8 Å². The summed E-state index contributed by atoms with van der Waals surface area (Å²) >= 11 is 3.34. The van der Waals surface area contributed by atoms with Crippen LogP contribution in [0, 0.1) is 5.92 Å². The van der Waals surface area contributed by atoms with Gasteiger partial charge >= 0.3 is 0 Å². The zero-order valence-electron chi connectivity index (χ0n) is 11.7. The van der Waals surface area contributed by atoms with Crippen LogP contribution in [0.15, 0.2) is 16.7 Å². The maximum absolute atomic E-state index is 5.42. The van der Waals surface area contributed by atoms with Crippen molar-refractivity contribution in [1.29, 1.82) is 0 Å². The minimum Gasteiger partial charge on any atom is -0.379 e. The highest BCUT2D eigenvalue weighted by Crippen LogP contribution is 2.22. The lowest BCUT2D eigenvalue weighted by atomic mass is 9.97. The molecule has 2 saturated heterocycles. The van der Waals surface area contributed by atoms with Crippen LogP contribution in [0.2, 0.25) is 0 Å². The molecule has 0 N–H and O–H groups in total. The van der Waals surface area contributed by atoms with Crippen LogP contribution in [0.3, 0.4) is 0 Å². The lowest BCUT2D eigenvalue weighted by Crippen LogP contribution is -2.44. The molecule has 0 bridgehead atoms. The average Bonchev–Trinajstić information content (AvgIpc) is 2.49. The van der Waals surface area contributed by atoms with E-state index in [2.05, 4.69) is 35.9 Å². The smallest absolute Gasteiger partial charge is 0.151 e. The van der Waals surface area contributed by atoms with Gasteiger partial charge in [-0.15, -0.1) is 10.2 Å². The highest BCUT2D eigenvalue weighted by atomic mass is 79.9. The van der Waals surface area contributed by atoms with Crippen LogP contribution in [0.1, 0.15) is 12.8 Å². The summed E-state index contributed by atoms with van der Waals surface area (Å²) in [4.78, 5) is 4.90. The molecule has 0 amide bonds. The number of halogens is 1. The van der Waals surface area contributed by atoms with Gasteiger partial charge in [0.2, 0.25) is 0 Å². The largest absolute Gasteiger partial charge is 0.379 e. The number of anilines is 1. The fraction of sp³-hybridized carbons (Fsp3) is 0.714. The molecule has 3 heterocycles. The number of piperidine rings is 1. The molecule has 2 fully saturated rings. The number of hydrogen-bond donors (Lipinski definition) is 0. The maximum Gasteiger partial charge on any atom is 0.151 e. The molecule has 3 rings (SSSR count). The number of aromatic nitrogens is 2. The molecule has 0 aliphatic carbocycles. The molecule has 0 unspecified atom stereocenters. The molecule has 2 aliphatic rings. The highest BCUT2D eigenvalue weighted by Gasteiger charge is 2.23. The fourth-order valence-electron chi connectivity index (χ4n) is 3.05. The Balaban J connectivity index is 1.57. The summed E-state index contributed by atoms with van der Waals surface area (Å²) < 4.78 is 6.21. The molecular weight excluding hydrogens is 320 g/mol. The Morgan fingerprint density at radius 1 is 1.20 bits per heavy atom. The number of rotatable bonds is 3. The molecule has 0 radical (unpaired) electrons. The molecule has 5 nitrogen and oxygen atoms in total. The molecule has 0 saturated carbocycles. The first-order valence-electron chi connectivity index (χ1n) is 7.35. The lowest BCUT2D eigenvalue weighted by molar-refractivity contribution is 0.0296. The molecule has 1 atom stereocenters. The third-order valence-corrected chi connectivity index (χ3v) is 4.50. The van der Waals surface area contributed by atoms with Crippen molar-refractivity contribution in [3.8, 4) is 0 Å². The third kappa shape index (κ3) is 3.68. The molecule has 1 aromatic heterocycles. The van der Waals surface area contributed by atoms with Gasteiger partial charge in [0.25, 0.3) is 0 Å². The summed E-state index contributed by atoms with van der Waals surface area (Å²) in [5.74, 6) is 1.73. The molecule has 2 aliphatic heterocycles. The Morgan fingerprint density at radius 3 is 2.80 bits per heavy atom. The monoisotopic (exact) mass is 340 g/mol. The van der Waals surface area contributed by atoms with Crippen LogP contribution >= 0.6 is 15.9 Å². The number of hydrogen-bond acceptors (Lipinski definition) is 5. The van der Waals surface area contributed by atoms with Crippen molar-refractivity contribution in [3.63, 3.8) is 0 Å². The highest BCUT2D eigenvalue weighted by molar-refractivity contribution is 9.10. The Kier molecular flexibility index (Phi) is 4.86. The van der Waals surface area contributed by atoms with E-state index in [1.54, 1.807) is 0 Å². The van der Waals surface area contributed by atoms with E-state index in [-0.39, 0.29) is 0 Å². The zero-order chi connectivity index (χ0) is 13.8. The van der Waals surface area contributed by atoms with Gasteiger partial charge in [-0.1, -0.05) is 0 Å². The van der Waals surface area contributed by atoms with Gasteiger partial charge in [0.15, 0.2) is 5.82 Å². The number of ether oxygens (including phenoxy) is 1. The topological polar surface area (TPSA) is 41.5 Å². The Bertz CT molecular complexity index is 422. The molecule has 110 valence electrons. The van der Waals surface area contributed by atoms with Crippen molar-refractivity contribution in [1.82, 2.24) is 15.1 Å². The standard InChI is InChI=1S/C14H21BrN4O/c15-13-3-4-14(17-16-13)19-5-1-2-12(11-19)10-18-6-8-20-9-7-18/h3-4,12H,1-2,5-11H2/t12-/m1/s1. The zero-order valence-corrected chi connectivity index (χ0v) is 13.3. The molecule has 6 heteroatoms. The summed E-state index contributed by atoms with van der Waals surface area (Å²) in [6.07, 6.45) is 2.56. The van der Waals surface area contributed by atoms with Crippen LogP contribution in [-0.2, 0) is 4.74 Å². The van der Waals surface area contributed by atoms with Gasteiger partial charge in [-0.25, -0.2) is 0 Å². The Hall–Kier alpha value is -0.720. The maximum atomic E-state index is 5.42. The minimum absolute atomic E-state index is 0.729. The van der Waals surface area contributed by atoms with E-state index in [0.717, 1.165) is 55.7 Å². The van der Waals surface area contributed by atoms with Gasteiger partial charge in [-0.3, -0.25) is 4.90 Å². The summed E-state index contributed by atoms with van der Waals surface area (Å²) in [7, 11) is 0. The predicted molar refractivity (Wildman–Crippen MR) is 81.9 cm³/mol. The van der Waals surface area contributed by atoms with Crippen molar-refractivity contribution >= 4 is 21.7 Å². The molecule has 0 spiro atoms.